The average molecular weight is 431 g/mol. The van der Waals surface area contributed by atoms with Crippen LogP contribution in [0, 0.1) is 29.6 Å². The van der Waals surface area contributed by atoms with Gasteiger partial charge in [0.05, 0.1) is 0 Å². The Hall–Kier alpha value is 0. The van der Waals surface area contributed by atoms with Gasteiger partial charge in [0, 0.05) is 0 Å². The Morgan fingerprint density at radius 2 is 0.742 bits per heavy atom. The highest BCUT2D eigenvalue weighted by molar-refractivity contribution is 4.80. The first kappa shape index (κ1) is 25.6. The molecule has 0 saturated heterocycles. The van der Waals surface area contributed by atoms with E-state index in [2.05, 4.69) is 6.92 Å². The van der Waals surface area contributed by atoms with Gasteiger partial charge in [-0.15, -0.1) is 0 Å². The van der Waals surface area contributed by atoms with Crippen molar-refractivity contribution in [1.82, 2.24) is 0 Å². The van der Waals surface area contributed by atoms with E-state index >= 15 is 0 Å². The molecule has 0 nitrogen and oxygen atoms in total. The molecule has 0 aliphatic heterocycles. The van der Waals surface area contributed by atoms with Crippen LogP contribution in [0.4, 0.5) is 0 Å². The quantitative estimate of drug-likeness (QED) is 0.406. The van der Waals surface area contributed by atoms with Gasteiger partial charge in [0.1, 0.15) is 0 Å². The van der Waals surface area contributed by atoms with Crippen LogP contribution in [-0.4, -0.2) is 0 Å². The van der Waals surface area contributed by atoms with Crippen molar-refractivity contribution in [2.24, 2.45) is 29.6 Å². The molecule has 3 fully saturated rings. The Labute approximate surface area is 197 Å². The van der Waals surface area contributed by atoms with Gasteiger partial charge in [-0.05, 0) is 42.4 Å². The maximum atomic E-state index is 2.45. The molecular formula is C31H58. The van der Waals surface area contributed by atoms with E-state index in [0.717, 1.165) is 29.6 Å². The van der Waals surface area contributed by atoms with Gasteiger partial charge in [-0.25, -0.2) is 0 Å². The van der Waals surface area contributed by atoms with Gasteiger partial charge >= 0.3 is 0 Å². The van der Waals surface area contributed by atoms with E-state index in [4.69, 9.17) is 0 Å². The van der Waals surface area contributed by atoms with Gasteiger partial charge in [0.25, 0.3) is 0 Å². The van der Waals surface area contributed by atoms with Crippen LogP contribution < -0.4 is 0 Å². The van der Waals surface area contributed by atoms with Gasteiger partial charge in [-0.2, -0.15) is 0 Å². The standard InChI is InChI=1S/C31H58/c1-2-27-15-10-7-5-3-4-6-8-13-19-30(20-14-18-27)31-25-23-29(24-26-31)22-21-28-16-11-9-12-17-28/h27-31H,2-26H2,1H3. The van der Waals surface area contributed by atoms with E-state index in [1.165, 1.54) is 96.3 Å². The van der Waals surface area contributed by atoms with Crippen molar-refractivity contribution in [3.63, 3.8) is 0 Å². The maximum Gasteiger partial charge on any atom is -0.0386 e. The first-order valence-corrected chi connectivity index (χ1v) is 15.3. The largest absolute Gasteiger partial charge is 0.0651 e. The van der Waals surface area contributed by atoms with Crippen molar-refractivity contribution in [2.45, 2.75) is 167 Å². The highest BCUT2D eigenvalue weighted by atomic mass is 14.3. The van der Waals surface area contributed by atoms with Crippen molar-refractivity contribution in [3.8, 4) is 0 Å². The van der Waals surface area contributed by atoms with Crippen LogP contribution in [0.2, 0.25) is 0 Å². The molecule has 0 aromatic heterocycles. The summed E-state index contributed by atoms with van der Waals surface area (Å²) in [7, 11) is 0. The van der Waals surface area contributed by atoms with E-state index in [-0.39, 0.29) is 0 Å². The molecule has 0 radical (unpaired) electrons. The first-order valence-electron chi connectivity index (χ1n) is 15.3. The summed E-state index contributed by atoms with van der Waals surface area (Å²) < 4.78 is 0. The lowest BCUT2D eigenvalue weighted by molar-refractivity contribution is 0.167. The Morgan fingerprint density at radius 1 is 0.355 bits per heavy atom. The first-order chi connectivity index (χ1) is 15.3. The van der Waals surface area contributed by atoms with Crippen molar-refractivity contribution in [3.05, 3.63) is 0 Å². The van der Waals surface area contributed by atoms with Gasteiger partial charge in [0.15, 0.2) is 0 Å². The summed E-state index contributed by atoms with van der Waals surface area (Å²) >= 11 is 0. The summed E-state index contributed by atoms with van der Waals surface area (Å²) in [4.78, 5) is 0. The fraction of sp³-hybridized carbons (Fsp3) is 1.00. The lowest BCUT2D eigenvalue weighted by Gasteiger charge is -2.35. The second-order valence-corrected chi connectivity index (χ2v) is 12.2. The van der Waals surface area contributed by atoms with Crippen LogP contribution in [0.15, 0.2) is 0 Å². The Kier molecular flexibility index (Phi) is 13.0. The summed E-state index contributed by atoms with van der Waals surface area (Å²) in [5.74, 6) is 5.37. The van der Waals surface area contributed by atoms with Crippen LogP contribution >= 0.6 is 0 Å². The molecule has 182 valence electrons. The number of hydrogen-bond acceptors (Lipinski definition) is 0. The molecular weight excluding hydrogens is 372 g/mol. The van der Waals surface area contributed by atoms with Gasteiger partial charge < -0.3 is 0 Å². The fourth-order valence-electron chi connectivity index (χ4n) is 7.63. The van der Waals surface area contributed by atoms with Crippen molar-refractivity contribution in [1.29, 1.82) is 0 Å². The molecule has 2 unspecified atom stereocenters. The minimum absolute atomic E-state index is 1.03. The highest BCUT2D eigenvalue weighted by Crippen LogP contribution is 2.41. The third kappa shape index (κ3) is 10.2. The second-order valence-electron chi connectivity index (χ2n) is 12.2. The topological polar surface area (TPSA) is 0 Å². The molecule has 31 heavy (non-hydrogen) atoms. The summed E-state index contributed by atoms with van der Waals surface area (Å²) in [5, 5.41) is 0. The molecule has 0 spiro atoms. The van der Waals surface area contributed by atoms with E-state index in [0.29, 0.717) is 0 Å². The highest BCUT2D eigenvalue weighted by Gasteiger charge is 2.28. The number of rotatable bonds is 5. The monoisotopic (exact) mass is 430 g/mol. The summed E-state index contributed by atoms with van der Waals surface area (Å²) in [6, 6.07) is 0. The smallest absolute Gasteiger partial charge is 0.0386 e. The molecule has 0 heterocycles. The summed E-state index contributed by atoms with van der Waals surface area (Å²) in [6.07, 6.45) is 38.3. The SMILES string of the molecule is CCC1CCCCCCCCCCC(C2CCC(CCC3CCCCC3)CC2)CCC1. The van der Waals surface area contributed by atoms with E-state index < -0.39 is 0 Å². The molecule has 3 aliphatic carbocycles. The average Bonchev–Trinajstić information content (AvgIpc) is 2.83. The van der Waals surface area contributed by atoms with Crippen LogP contribution in [-0.2, 0) is 0 Å². The maximum absolute atomic E-state index is 2.45. The normalized spacial score (nSPS) is 34.0. The second kappa shape index (κ2) is 15.8. The van der Waals surface area contributed by atoms with E-state index in [1.54, 1.807) is 64.2 Å². The van der Waals surface area contributed by atoms with Crippen molar-refractivity contribution in [2.75, 3.05) is 0 Å². The fourth-order valence-corrected chi connectivity index (χ4v) is 7.63. The zero-order valence-electron chi connectivity index (χ0n) is 21.6. The summed E-state index contributed by atoms with van der Waals surface area (Å²) in [6.45, 7) is 2.45. The van der Waals surface area contributed by atoms with Crippen molar-refractivity contribution < 1.29 is 0 Å². The molecule has 0 heteroatoms. The zero-order chi connectivity index (χ0) is 21.6. The van der Waals surface area contributed by atoms with Crippen molar-refractivity contribution >= 4 is 0 Å². The lowest BCUT2D eigenvalue weighted by atomic mass is 9.71. The Bertz CT molecular complexity index is 412. The molecule has 0 aromatic rings. The molecule has 0 amide bonds. The molecule has 3 saturated carbocycles. The third-order valence-corrected chi connectivity index (χ3v) is 9.97. The number of hydrogen-bond donors (Lipinski definition) is 0. The third-order valence-electron chi connectivity index (χ3n) is 9.97. The van der Waals surface area contributed by atoms with Crippen LogP contribution in [0.25, 0.3) is 0 Å². The Morgan fingerprint density at radius 3 is 1.35 bits per heavy atom. The van der Waals surface area contributed by atoms with Crippen LogP contribution in [0.5, 0.6) is 0 Å². The van der Waals surface area contributed by atoms with Gasteiger partial charge in [-0.1, -0.05) is 155 Å². The van der Waals surface area contributed by atoms with Crippen LogP contribution in [0.1, 0.15) is 167 Å². The van der Waals surface area contributed by atoms with Gasteiger partial charge in [0.2, 0.25) is 0 Å². The molecule has 3 aliphatic rings. The minimum Gasteiger partial charge on any atom is -0.0651 e. The Balaban J connectivity index is 1.40. The minimum atomic E-state index is 1.03. The van der Waals surface area contributed by atoms with Crippen LogP contribution in [0.3, 0.4) is 0 Å². The van der Waals surface area contributed by atoms with E-state index in [1.807, 2.05) is 0 Å². The zero-order valence-corrected chi connectivity index (χ0v) is 21.6. The lowest BCUT2D eigenvalue weighted by Crippen LogP contribution is -2.23. The molecule has 0 N–H and O–H groups in total. The molecule has 2 atom stereocenters. The van der Waals surface area contributed by atoms with E-state index in [9.17, 15) is 0 Å². The molecule has 3 rings (SSSR count). The molecule has 0 bridgehead atoms. The van der Waals surface area contributed by atoms with Gasteiger partial charge in [-0.3, -0.25) is 0 Å². The summed E-state index contributed by atoms with van der Waals surface area (Å²) in [5.41, 5.74) is 0. The predicted molar refractivity (Wildman–Crippen MR) is 139 cm³/mol. The molecule has 0 aromatic carbocycles. The predicted octanol–water partition coefficient (Wildman–Crippen LogP) is 10.9.